The molecule has 0 unspecified atom stereocenters. The highest BCUT2D eigenvalue weighted by Crippen LogP contribution is 2.30. The molecule has 2 aromatic rings. The second-order valence-corrected chi connectivity index (χ2v) is 6.42. The summed E-state index contributed by atoms with van der Waals surface area (Å²) in [5.74, 6) is 1.51. The van der Waals surface area contributed by atoms with E-state index in [1.54, 1.807) is 23.1 Å². The molecule has 0 saturated carbocycles. The third-order valence-corrected chi connectivity index (χ3v) is 4.13. The zero-order chi connectivity index (χ0) is 13.1. The molecule has 0 aromatic carbocycles. The predicted molar refractivity (Wildman–Crippen MR) is 74.2 cm³/mol. The largest absolute Gasteiger partial charge is 0.410 e. The summed E-state index contributed by atoms with van der Waals surface area (Å²) in [5.41, 5.74) is 0.950. The summed E-state index contributed by atoms with van der Waals surface area (Å²) in [5, 5.41) is 9.76. The van der Waals surface area contributed by atoms with E-state index < -0.39 is 0 Å². The molecular formula is C11H16N4OS2. The summed E-state index contributed by atoms with van der Waals surface area (Å²) in [7, 11) is 4.09. The molecule has 0 bridgehead atoms. The van der Waals surface area contributed by atoms with E-state index in [4.69, 9.17) is 4.42 Å². The summed E-state index contributed by atoms with van der Waals surface area (Å²) in [6.07, 6.45) is 0. The highest BCUT2D eigenvalue weighted by molar-refractivity contribution is 7.99. The first-order chi connectivity index (χ1) is 8.56. The monoisotopic (exact) mass is 284 g/mol. The predicted octanol–water partition coefficient (Wildman–Crippen LogP) is 2.46. The Morgan fingerprint density at radius 1 is 1.28 bits per heavy atom. The fourth-order valence-electron chi connectivity index (χ4n) is 1.41. The third-order valence-electron chi connectivity index (χ3n) is 2.27. The van der Waals surface area contributed by atoms with Crippen molar-refractivity contribution in [2.45, 2.75) is 19.1 Å². The number of hydrogen-bond donors (Lipinski definition) is 0. The molecule has 0 saturated heterocycles. The Morgan fingerprint density at radius 3 is 2.67 bits per heavy atom. The van der Waals surface area contributed by atoms with Crippen molar-refractivity contribution >= 4 is 23.1 Å². The first-order valence-corrected chi connectivity index (χ1v) is 7.42. The van der Waals surface area contributed by atoms with E-state index in [0.717, 1.165) is 27.9 Å². The van der Waals surface area contributed by atoms with Gasteiger partial charge in [0.2, 0.25) is 0 Å². The highest BCUT2D eigenvalue weighted by Gasteiger charge is 2.14. The Labute approximate surface area is 115 Å². The van der Waals surface area contributed by atoms with Gasteiger partial charge in [0.1, 0.15) is 4.88 Å². The van der Waals surface area contributed by atoms with Crippen LogP contribution in [-0.4, -0.2) is 46.5 Å². The summed E-state index contributed by atoms with van der Waals surface area (Å²) < 4.78 is 5.64. The smallest absolute Gasteiger partial charge is 0.276 e. The van der Waals surface area contributed by atoms with E-state index >= 15 is 0 Å². The van der Waals surface area contributed by atoms with Crippen LogP contribution in [-0.2, 0) is 0 Å². The van der Waals surface area contributed by atoms with Crippen LogP contribution in [0.2, 0.25) is 0 Å². The molecule has 0 N–H and O–H groups in total. The molecule has 5 nitrogen and oxygen atoms in total. The van der Waals surface area contributed by atoms with Crippen molar-refractivity contribution in [2.75, 3.05) is 26.4 Å². The molecule has 7 heteroatoms. The van der Waals surface area contributed by atoms with Gasteiger partial charge in [-0.3, -0.25) is 0 Å². The first-order valence-electron chi connectivity index (χ1n) is 5.61. The fraction of sp³-hybridized carbons (Fsp3) is 0.545. The van der Waals surface area contributed by atoms with Crippen LogP contribution < -0.4 is 0 Å². The van der Waals surface area contributed by atoms with Crippen molar-refractivity contribution in [3.05, 3.63) is 10.7 Å². The summed E-state index contributed by atoms with van der Waals surface area (Å²) >= 11 is 3.16. The van der Waals surface area contributed by atoms with Crippen LogP contribution in [0.4, 0.5) is 0 Å². The van der Waals surface area contributed by atoms with Crippen LogP contribution in [0.3, 0.4) is 0 Å². The second kappa shape index (κ2) is 5.81. The lowest BCUT2D eigenvalue weighted by Crippen LogP contribution is -2.14. The first kappa shape index (κ1) is 13.5. The Balaban J connectivity index is 2.04. The Morgan fingerprint density at radius 2 is 2.06 bits per heavy atom. The van der Waals surface area contributed by atoms with Crippen molar-refractivity contribution in [3.8, 4) is 10.8 Å². The number of rotatable bonds is 5. The van der Waals surface area contributed by atoms with Crippen molar-refractivity contribution in [1.82, 2.24) is 20.1 Å². The maximum absolute atomic E-state index is 5.64. The van der Waals surface area contributed by atoms with E-state index in [1.807, 2.05) is 27.9 Å². The lowest BCUT2D eigenvalue weighted by atomic mass is 10.4. The van der Waals surface area contributed by atoms with Crippen molar-refractivity contribution in [1.29, 1.82) is 0 Å². The standard InChI is InChI=1S/C11H16N4OS2/c1-7-9(18-8(2)12-7)10-13-14-11(16-10)17-6-5-15(3)4/h5-6H2,1-4H3. The highest BCUT2D eigenvalue weighted by atomic mass is 32.2. The van der Waals surface area contributed by atoms with Crippen molar-refractivity contribution in [3.63, 3.8) is 0 Å². The summed E-state index contributed by atoms with van der Waals surface area (Å²) in [6, 6.07) is 0. The van der Waals surface area contributed by atoms with Crippen molar-refractivity contribution in [2.24, 2.45) is 0 Å². The van der Waals surface area contributed by atoms with Crippen LogP contribution in [0, 0.1) is 13.8 Å². The van der Waals surface area contributed by atoms with Crippen LogP contribution in [0.5, 0.6) is 0 Å². The lowest BCUT2D eigenvalue weighted by molar-refractivity contribution is 0.434. The minimum absolute atomic E-state index is 0.574. The number of thiazole rings is 1. The second-order valence-electron chi connectivity index (χ2n) is 4.17. The van der Waals surface area contributed by atoms with Gasteiger partial charge >= 0.3 is 0 Å². The molecular weight excluding hydrogens is 268 g/mol. The number of aromatic nitrogens is 3. The normalized spacial score (nSPS) is 11.4. The summed E-state index contributed by atoms with van der Waals surface area (Å²) in [6.45, 7) is 4.92. The third kappa shape index (κ3) is 3.30. The van der Waals surface area contributed by atoms with Gasteiger partial charge in [-0.1, -0.05) is 11.8 Å². The average molecular weight is 284 g/mol. The van der Waals surface area contributed by atoms with E-state index in [2.05, 4.69) is 20.1 Å². The summed E-state index contributed by atoms with van der Waals surface area (Å²) in [4.78, 5) is 7.46. The molecule has 98 valence electrons. The molecule has 0 amide bonds. The van der Waals surface area contributed by atoms with Gasteiger partial charge in [0.15, 0.2) is 0 Å². The zero-order valence-electron chi connectivity index (χ0n) is 10.9. The topological polar surface area (TPSA) is 55.1 Å². The van der Waals surface area contributed by atoms with Gasteiger partial charge in [0.05, 0.1) is 10.7 Å². The lowest BCUT2D eigenvalue weighted by Gasteiger charge is -2.06. The van der Waals surface area contributed by atoms with Gasteiger partial charge in [0, 0.05) is 12.3 Å². The minimum Gasteiger partial charge on any atom is -0.410 e. The van der Waals surface area contributed by atoms with Gasteiger partial charge in [-0.15, -0.1) is 21.5 Å². The maximum Gasteiger partial charge on any atom is 0.276 e. The van der Waals surface area contributed by atoms with Crippen LogP contribution >= 0.6 is 23.1 Å². The van der Waals surface area contributed by atoms with Gasteiger partial charge in [-0.05, 0) is 27.9 Å². The van der Waals surface area contributed by atoms with E-state index in [-0.39, 0.29) is 0 Å². The van der Waals surface area contributed by atoms with E-state index in [9.17, 15) is 0 Å². The Bertz CT molecular complexity index is 521. The Hall–Kier alpha value is -0.920. The molecule has 2 rings (SSSR count). The zero-order valence-corrected chi connectivity index (χ0v) is 12.6. The fourth-order valence-corrected chi connectivity index (χ4v) is 3.11. The average Bonchev–Trinajstić information content (AvgIpc) is 2.85. The molecule has 18 heavy (non-hydrogen) atoms. The molecule has 0 aliphatic carbocycles. The number of aryl methyl sites for hydroxylation is 2. The van der Waals surface area contributed by atoms with Crippen molar-refractivity contribution < 1.29 is 4.42 Å². The molecule has 2 aromatic heterocycles. The molecule has 2 heterocycles. The van der Waals surface area contributed by atoms with E-state index in [1.165, 1.54) is 0 Å². The molecule has 0 aliphatic heterocycles. The molecule has 0 radical (unpaired) electrons. The molecule has 0 aliphatic rings. The molecule has 0 atom stereocenters. The number of hydrogen-bond acceptors (Lipinski definition) is 7. The van der Waals surface area contributed by atoms with Crippen LogP contribution in [0.15, 0.2) is 9.64 Å². The van der Waals surface area contributed by atoms with Crippen LogP contribution in [0.1, 0.15) is 10.7 Å². The SMILES string of the molecule is Cc1nc(C)c(-c2nnc(SCCN(C)C)o2)s1. The minimum atomic E-state index is 0.574. The van der Waals surface area contributed by atoms with Gasteiger partial charge in [-0.2, -0.15) is 0 Å². The van der Waals surface area contributed by atoms with Gasteiger partial charge in [-0.25, -0.2) is 4.98 Å². The molecule has 0 spiro atoms. The Kier molecular flexibility index (Phi) is 4.36. The number of thioether (sulfide) groups is 1. The quantitative estimate of drug-likeness (QED) is 0.786. The van der Waals surface area contributed by atoms with Gasteiger partial charge < -0.3 is 9.32 Å². The number of nitrogens with zero attached hydrogens (tertiary/aromatic N) is 4. The van der Waals surface area contributed by atoms with Crippen LogP contribution in [0.25, 0.3) is 10.8 Å². The maximum atomic E-state index is 5.64. The van der Waals surface area contributed by atoms with Gasteiger partial charge in [0.25, 0.3) is 11.1 Å². The molecule has 0 fully saturated rings. The van der Waals surface area contributed by atoms with E-state index in [0.29, 0.717) is 11.1 Å².